The maximum absolute atomic E-state index is 10.2. The van der Waals surface area contributed by atoms with Gasteiger partial charge in [0.15, 0.2) is 0 Å². The van der Waals surface area contributed by atoms with Gasteiger partial charge >= 0.3 is 0 Å². The van der Waals surface area contributed by atoms with E-state index in [1.54, 1.807) is 24.3 Å². The van der Waals surface area contributed by atoms with Crippen molar-refractivity contribution < 1.29 is 30.3 Å². The molecule has 6 nitrogen and oxygen atoms in total. The molecule has 2 N–H and O–H groups in total. The number of aromatic nitrogens is 2. The summed E-state index contributed by atoms with van der Waals surface area (Å²) in [6, 6.07) is 57.8. The SMILES string of the molecule is CC(C)c1cc(-c2ccccc2)cc(C(C)C)c1-c1cc(-c2ccccn2)[c-]c(-c2ccccn2)c1.Oc1ccccc1N1[CH-]N(c2ccccc2O)c2ccccc21.[Ir]. The van der Waals surface area contributed by atoms with Gasteiger partial charge in [0.2, 0.25) is 0 Å². The Morgan fingerprint density at radius 2 is 0.883 bits per heavy atom. The molecule has 0 aliphatic carbocycles. The molecular weight excluding hydrogens is 917 g/mol. The van der Waals surface area contributed by atoms with E-state index in [1.807, 2.05) is 114 Å². The molecule has 9 rings (SSSR count). The second-order valence-electron chi connectivity index (χ2n) is 15.2. The number of rotatable bonds is 8. The Bertz CT molecular complexity index is 2530. The largest absolute Gasteiger partial charge is 0.506 e. The van der Waals surface area contributed by atoms with E-state index in [0.717, 1.165) is 33.9 Å². The van der Waals surface area contributed by atoms with Crippen molar-refractivity contribution in [1.82, 2.24) is 9.97 Å². The van der Waals surface area contributed by atoms with Crippen molar-refractivity contribution in [2.75, 3.05) is 9.80 Å². The summed E-state index contributed by atoms with van der Waals surface area (Å²) in [5.41, 5.74) is 14.8. The number of hydrogen-bond donors (Lipinski definition) is 2. The van der Waals surface area contributed by atoms with E-state index >= 15 is 0 Å². The molecule has 6 aromatic carbocycles. The summed E-state index contributed by atoms with van der Waals surface area (Å²) in [6.07, 6.45) is 3.67. The van der Waals surface area contributed by atoms with Crippen LogP contribution in [0.15, 0.2) is 176 Å². The fourth-order valence-corrected chi connectivity index (χ4v) is 7.59. The van der Waals surface area contributed by atoms with Crippen LogP contribution >= 0.6 is 0 Å². The predicted molar refractivity (Wildman–Crippen MR) is 242 cm³/mol. The number of para-hydroxylation sites is 6. The van der Waals surface area contributed by atoms with Crippen molar-refractivity contribution in [3.05, 3.63) is 200 Å². The van der Waals surface area contributed by atoms with Crippen molar-refractivity contribution in [3.63, 3.8) is 0 Å². The Labute approximate surface area is 366 Å². The van der Waals surface area contributed by atoms with Crippen LogP contribution in [-0.2, 0) is 20.1 Å². The summed E-state index contributed by atoms with van der Waals surface area (Å²) in [5, 5.41) is 20.4. The molecule has 7 heteroatoms. The van der Waals surface area contributed by atoms with Crippen molar-refractivity contribution in [2.24, 2.45) is 0 Å². The minimum atomic E-state index is 0. The summed E-state index contributed by atoms with van der Waals surface area (Å²) >= 11 is 0. The number of pyridine rings is 2. The first kappa shape index (κ1) is 41.6. The summed E-state index contributed by atoms with van der Waals surface area (Å²) in [7, 11) is 0. The van der Waals surface area contributed by atoms with Crippen LogP contribution in [0.1, 0.15) is 50.7 Å². The molecule has 0 atom stereocenters. The number of hydrogen-bond acceptors (Lipinski definition) is 6. The second kappa shape index (κ2) is 18.6. The first-order valence-corrected chi connectivity index (χ1v) is 20.0. The van der Waals surface area contributed by atoms with Crippen molar-refractivity contribution in [3.8, 4) is 56.3 Å². The van der Waals surface area contributed by atoms with Crippen molar-refractivity contribution >= 4 is 22.7 Å². The van der Waals surface area contributed by atoms with Crippen LogP contribution in [0.2, 0.25) is 0 Å². The first-order valence-electron chi connectivity index (χ1n) is 20.0. The zero-order valence-corrected chi connectivity index (χ0v) is 36.4. The summed E-state index contributed by atoms with van der Waals surface area (Å²) in [5.74, 6) is 1.14. The Kier molecular flexibility index (Phi) is 12.9. The molecule has 0 saturated heterocycles. The van der Waals surface area contributed by atoms with Gasteiger partial charge in [-0.05, 0) is 88.2 Å². The minimum Gasteiger partial charge on any atom is -0.506 e. The molecule has 0 amide bonds. The van der Waals surface area contributed by atoms with Gasteiger partial charge in [0.1, 0.15) is 11.5 Å². The van der Waals surface area contributed by atoms with E-state index in [1.165, 1.54) is 33.4 Å². The molecule has 0 spiro atoms. The molecule has 1 aliphatic rings. The average Bonchev–Trinajstić information content (AvgIpc) is 3.66. The normalized spacial score (nSPS) is 11.8. The van der Waals surface area contributed by atoms with Crippen molar-refractivity contribution in [1.29, 1.82) is 0 Å². The van der Waals surface area contributed by atoms with Gasteiger partial charge in [-0.2, -0.15) is 0 Å². The van der Waals surface area contributed by atoms with Gasteiger partial charge in [-0.15, -0.1) is 24.9 Å². The van der Waals surface area contributed by atoms with E-state index in [9.17, 15) is 10.2 Å². The Hall–Kier alpha value is -6.53. The van der Waals surface area contributed by atoms with E-state index in [4.69, 9.17) is 0 Å². The molecule has 60 heavy (non-hydrogen) atoms. The third-order valence-corrected chi connectivity index (χ3v) is 10.5. The van der Waals surface area contributed by atoms with Crippen LogP contribution < -0.4 is 9.80 Å². The molecule has 2 aromatic heterocycles. The Morgan fingerprint density at radius 3 is 1.30 bits per heavy atom. The van der Waals surface area contributed by atoms with E-state index in [-0.39, 0.29) is 31.6 Å². The second-order valence-corrected chi connectivity index (χ2v) is 15.2. The molecule has 0 unspecified atom stereocenters. The van der Waals surface area contributed by atoms with Crippen molar-refractivity contribution in [2.45, 2.75) is 39.5 Å². The number of anilines is 4. The van der Waals surface area contributed by atoms with Crippen LogP contribution in [-0.4, -0.2) is 20.2 Å². The quantitative estimate of drug-likeness (QED) is 0.148. The average molecular weight is 963 g/mol. The third kappa shape index (κ3) is 8.74. The van der Waals surface area contributed by atoms with Gasteiger partial charge in [0.25, 0.3) is 0 Å². The smallest absolute Gasteiger partial charge is 0.136 e. The third-order valence-electron chi connectivity index (χ3n) is 10.5. The number of aromatic hydroxyl groups is 2. The van der Waals surface area contributed by atoms with Crippen LogP contribution in [0.4, 0.5) is 22.7 Å². The summed E-state index contributed by atoms with van der Waals surface area (Å²) in [4.78, 5) is 13.1. The number of fused-ring (bicyclic) bond motifs is 1. The van der Waals surface area contributed by atoms with E-state index in [2.05, 4.69) is 98.3 Å². The fraction of sp³-hybridized carbons (Fsp3) is 0.113. The fourth-order valence-electron chi connectivity index (χ4n) is 7.59. The van der Waals surface area contributed by atoms with Crippen LogP contribution in [0.3, 0.4) is 0 Å². The van der Waals surface area contributed by atoms with Crippen LogP contribution in [0.5, 0.6) is 11.5 Å². The molecule has 8 aromatic rings. The molecule has 1 radical (unpaired) electrons. The Morgan fingerprint density at radius 1 is 0.467 bits per heavy atom. The topological polar surface area (TPSA) is 72.7 Å². The van der Waals surface area contributed by atoms with Crippen LogP contribution in [0.25, 0.3) is 44.8 Å². The van der Waals surface area contributed by atoms with Gasteiger partial charge in [-0.25, -0.2) is 0 Å². The van der Waals surface area contributed by atoms with Gasteiger partial charge in [0.05, 0.1) is 11.4 Å². The Balaban J connectivity index is 0.000000195. The van der Waals surface area contributed by atoms with Gasteiger partial charge in [0, 0.05) is 55.3 Å². The van der Waals surface area contributed by atoms with Crippen LogP contribution in [0, 0.1) is 12.7 Å². The zero-order valence-electron chi connectivity index (χ0n) is 34.0. The zero-order chi connectivity index (χ0) is 40.9. The maximum Gasteiger partial charge on any atom is 0.136 e. The summed E-state index contributed by atoms with van der Waals surface area (Å²) < 4.78 is 0. The van der Waals surface area contributed by atoms with E-state index < -0.39 is 0 Å². The molecule has 3 heterocycles. The van der Waals surface area contributed by atoms with Gasteiger partial charge < -0.3 is 20.0 Å². The number of phenolic OH excluding ortho intramolecular Hbond substituents is 2. The van der Waals surface area contributed by atoms with Gasteiger partial charge in [-0.3, -0.25) is 9.97 Å². The molecule has 301 valence electrons. The predicted octanol–water partition coefficient (Wildman–Crippen LogP) is 13.7. The number of benzene rings is 6. The molecular formula is C53H46IrN4O2-2. The molecule has 0 saturated carbocycles. The molecule has 0 fully saturated rings. The monoisotopic (exact) mass is 963 g/mol. The number of phenols is 2. The maximum atomic E-state index is 10.2. The first-order chi connectivity index (χ1) is 28.8. The standard InChI is InChI=1S/C34H31N2.C19H15N2O2.Ir/c1-23(2)30-21-26(25-12-6-5-7-13-25)22-31(24(3)4)34(30)29-19-27(32-14-8-10-16-35-32)18-28(20-29)33-15-9-11-17-36-33;22-18-11-5-3-9-16(18)20-13-21(15-8-2-1-7-14(15)20)17-10-4-6-12-19(17)23;/h5-17,19-24H,1-4H3;1-13,22-23H;/q2*-1;. The molecule has 0 bridgehead atoms. The molecule has 1 aliphatic heterocycles. The minimum absolute atomic E-state index is 0. The van der Waals surface area contributed by atoms with E-state index in [0.29, 0.717) is 23.2 Å². The van der Waals surface area contributed by atoms with Gasteiger partial charge in [-0.1, -0.05) is 148 Å². The summed E-state index contributed by atoms with van der Waals surface area (Å²) in [6.45, 7) is 11.0. The number of nitrogens with zero attached hydrogens (tertiary/aromatic N) is 4.